The van der Waals surface area contributed by atoms with E-state index in [-0.39, 0.29) is 5.91 Å². The molecule has 1 N–H and O–H groups in total. The number of aliphatic imine (C=N–C) groups is 1. The maximum Gasteiger partial charge on any atom is 0.254 e. The van der Waals surface area contributed by atoms with Gasteiger partial charge in [0, 0.05) is 27.2 Å². The molecule has 1 aromatic carbocycles. The lowest BCUT2D eigenvalue weighted by molar-refractivity contribution is -0.153. The van der Waals surface area contributed by atoms with E-state index in [1.165, 1.54) is 11.0 Å². The quantitative estimate of drug-likeness (QED) is 0.638. The van der Waals surface area contributed by atoms with E-state index in [1.54, 1.807) is 30.3 Å². The van der Waals surface area contributed by atoms with Crippen LogP contribution < -0.4 is 4.74 Å². The molecule has 1 aliphatic heterocycles. The van der Waals surface area contributed by atoms with E-state index in [1.807, 2.05) is 38.4 Å². The van der Waals surface area contributed by atoms with Crippen molar-refractivity contribution in [3.05, 3.63) is 41.7 Å². The van der Waals surface area contributed by atoms with Crippen LogP contribution in [-0.4, -0.2) is 66.7 Å². The predicted molar refractivity (Wildman–Crippen MR) is 87.6 cm³/mol. The third kappa shape index (κ3) is 4.01. The minimum absolute atomic E-state index is 0.280. The second-order valence-corrected chi connectivity index (χ2v) is 5.48. The van der Waals surface area contributed by atoms with Gasteiger partial charge in [-0.1, -0.05) is 12.1 Å². The largest absolute Gasteiger partial charge is 0.497 e. The van der Waals surface area contributed by atoms with Crippen molar-refractivity contribution in [1.29, 1.82) is 0 Å². The summed E-state index contributed by atoms with van der Waals surface area (Å²) >= 11 is 0. The number of hydrogen-bond donors (Lipinski definition) is 1. The second kappa shape index (κ2) is 7.15. The SMILES string of the molecule is COc1ccc(CN2C(=O)C=C(N=CN(C)C)N(C)C2O)cc1. The van der Waals surface area contributed by atoms with Crippen LogP contribution in [0.5, 0.6) is 5.75 Å². The Morgan fingerprint density at radius 3 is 2.57 bits per heavy atom. The fourth-order valence-corrected chi connectivity index (χ4v) is 2.13. The maximum absolute atomic E-state index is 12.3. The number of hydrogen-bond acceptors (Lipinski definition) is 5. The van der Waals surface area contributed by atoms with Crippen molar-refractivity contribution in [2.45, 2.75) is 12.9 Å². The average molecular weight is 318 g/mol. The van der Waals surface area contributed by atoms with Crippen LogP contribution in [0.15, 0.2) is 41.2 Å². The molecule has 23 heavy (non-hydrogen) atoms. The number of nitrogens with zero attached hydrogens (tertiary/aromatic N) is 4. The van der Waals surface area contributed by atoms with Gasteiger partial charge in [0.25, 0.3) is 5.91 Å². The standard InChI is InChI=1S/C16H22N4O3/c1-18(2)11-17-14-9-15(21)20(16(22)19(14)3)10-12-5-7-13(23-4)8-6-12/h5-9,11,16,22H,10H2,1-4H3. The van der Waals surface area contributed by atoms with E-state index in [4.69, 9.17) is 4.74 Å². The molecule has 1 heterocycles. The molecule has 7 nitrogen and oxygen atoms in total. The van der Waals surface area contributed by atoms with Crippen molar-refractivity contribution < 1.29 is 14.6 Å². The van der Waals surface area contributed by atoms with Crippen molar-refractivity contribution in [2.24, 2.45) is 4.99 Å². The molecular weight excluding hydrogens is 296 g/mol. The molecule has 0 bridgehead atoms. The molecule has 1 aliphatic rings. The van der Waals surface area contributed by atoms with Gasteiger partial charge in [0.2, 0.25) is 6.35 Å². The molecule has 0 saturated carbocycles. The monoisotopic (exact) mass is 318 g/mol. The lowest BCUT2D eigenvalue weighted by atomic mass is 10.2. The Morgan fingerprint density at radius 2 is 2.00 bits per heavy atom. The first-order valence-electron chi connectivity index (χ1n) is 7.19. The molecule has 7 heteroatoms. The van der Waals surface area contributed by atoms with Gasteiger partial charge in [-0.3, -0.25) is 9.69 Å². The number of methoxy groups -OCH3 is 1. The first-order valence-corrected chi connectivity index (χ1v) is 7.19. The summed E-state index contributed by atoms with van der Waals surface area (Å²) in [7, 11) is 6.96. The highest BCUT2D eigenvalue weighted by Crippen LogP contribution is 2.21. The highest BCUT2D eigenvalue weighted by atomic mass is 16.5. The Morgan fingerprint density at radius 1 is 1.35 bits per heavy atom. The van der Waals surface area contributed by atoms with Crippen molar-refractivity contribution in [3.8, 4) is 5.75 Å². The minimum Gasteiger partial charge on any atom is -0.497 e. The molecule has 0 radical (unpaired) electrons. The van der Waals surface area contributed by atoms with Crippen LogP contribution in [0.4, 0.5) is 0 Å². The van der Waals surface area contributed by atoms with Crippen LogP contribution in [0.3, 0.4) is 0 Å². The summed E-state index contributed by atoms with van der Waals surface area (Å²) in [5.41, 5.74) is 0.903. The lowest BCUT2D eigenvalue weighted by Crippen LogP contribution is -2.51. The average Bonchev–Trinajstić information content (AvgIpc) is 2.54. The molecule has 0 fully saturated rings. The molecule has 0 aliphatic carbocycles. The number of amides is 1. The highest BCUT2D eigenvalue weighted by Gasteiger charge is 2.30. The lowest BCUT2D eigenvalue weighted by Gasteiger charge is -2.38. The molecule has 2 rings (SSSR count). The van der Waals surface area contributed by atoms with E-state index >= 15 is 0 Å². The Hall–Kier alpha value is -2.54. The van der Waals surface area contributed by atoms with Crippen molar-refractivity contribution in [2.75, 3.05) is 28.3 Å². The Bertz CT molecular complexity index is 610. The van der Waals surface area contributed by atoms with Crippen molar-refractivity contribution in [1.82, 2.24) is 14.7 Å². The van der Waals surface area contributed by atoms with Crippen LogP contribution in [0.25, 0.3) is 0 Å². The van der Waals surface area contributed by atoms with Gasteiger partial charge >= 0.3 is 0 Å². The summed E-state index contributed by atoms with van der Waals surface area (Å²) in [6.45, 7) is 0.301. The third-order valence-electron chi connectivity index (χ3n) is 3.46. The minimum atomic E-state index is -1.07. The van der Waals surface area contributed by atoms with Gasteiger partial charge in [0.05, 0.1) is 20.0 Å². The number of ether oxygens (including phenoxy) is 1. The van der Waals surface area contributed by atoms with Crippen molar-refractivity contribution in [3.63, 3.8) is 0 Å². The smallest absolute Gasteiger partial charge is 0.254 e. The van der Waals surface area contributed by atoms with Gasteiger partial charge in [0.1, 0.15) is 11.6 Å². The second-order valence-electron chi connectivity index (χ2n) is 5.48. The fraction of sp³-hybridized carbons (Fsp3) is 0.375. The zero-order valence-corrected chi connectivity index (χ0v) is 13.8. The Labute approximate surface area is 136 Å². The van der Waals surface area contributed by atoms with E-state index in [9.17, 15) is 9.90 Å². The van der Waals surface area contributed by atoms with E-state index in [0.717, 1.165) is 11.3 Å². The van der Waals surface area contributed by atoms with Crippen molar-refractivity contribution >= 4 is 12.2 Å². The molecule has 0 aromatic heterocycles. The summed E-state index contributed by atoms with van der Waals surface area (Å²) in [4.78, 5) is 21.2. The number of benzene rings is 1. The number of carbonyl (C=O) groups is 1. The third-order valence-corrected chi connectivity index (χ3v) is 3.46. The highest BCUT2D eigenvalue weighted by molar-refractivity contribution is 5.89. The number of aliphatic hydroxyl groups is 1. The van der Waals surface area contributed by atoms with Gasteiger partial charge in [-0.15, -0.1) is 0 Å². The molecule has 1 aromatic rings. The van der Waals surface area contributed by atoms with E-state index in [2.05, 4.69) is 4.99 Å². The van der Waals surface area contributed by atoms with Gasteiger partial charge in [-0.2, -0.15) is 0 Å². The van der Waals surface area contributed by atoms with E-state index < -0.39 is 6.35 Å². The van der Waals surface area contributed by atoms with Gasteiger partial charge in [-0.25, -0.2) is 4.99 Å². The summed E-state index contributed by atoms with van der Waals surface area (Å²) in [6, 6.07) is 7.37. The number of rotatable bonds is 5. The normalized spacial score (nSPS) is 18.4. The van der Waals surface area contributed by atoms with Crippen LogP contribution in [0.1, 0.15) is 5.56 Å². The van der Waals surface area contributed by atoms with Crippen LogP contribution in [-0.2, 0) is 11.3 Å². The summed E-state index contributed by atoms with van der Waals surface area (Å²) in [5.74, 6) is 0.885. The number of aliphatic hydroxyl groups excluding tert-OH is 1. The molecule has 0 saturated heterocycles. The first kappa shape index (κ1) is 16.8. The van der Waals surface area contributed by atoms with Crippen LogP contribution in [0, 0.1) is 0 Å². The molecular formula is C16H22N4O3. The van der Waals surface area contributed by atoms with Crippen LogP contribution >= 0.6 is 0 Å². The van der Waals surface area contributed by atoms with E-state index in [0.29, 0.717) is 12.4 Å². The zero-order valence-electron chi connectivity index (χ0n) is 13.8. The predicted octanol–water partition coefficient (Wildman–Crippen LogP) is 0.676. The number of carbonyl (C=O) groups excluding carboxylic acids is 1. The maximum atomic E-state index is 12.3. The molecule has 124 valence electrons. The fourth-order valence-electron chi connectivity index (χ4n) is 2.13. The Kier molecular flexibility index (Phi) is 5.23. The molecule has 1 amide bonds. The van der Waals surface area contributed by atoms with Crippen LogP contribution in [0.2, 0.25) is 0 Å². The van der Waals surface area contributed by atoms with Gasteiger partial charge < -0.3 is 19.6 Å². The molecule has 1 unspecified atom stereocenters. The molecule has 1 atom stereocenters. The zero-order chi connectivity index (χ0) is 17.0. The summed E-state index contributed by atoms with van der Waals surface area (Å²) in [6.07, 6.45) is 1.93. The van der Waals surface area contributed by atoms with Gasteiger partial charge in [0.15, 0.2) is 0 Å². The summed E-state index contributed by atoms with van der Waals surface area (Å²) in [5, 5.41) is 10.4. The molecule has 0 spiro atoms. The first-order chi connectivity index (χ1) is 10.9. The summed E-state index contributed by atoms with van der Waals surface area (Å²) < 4.78 is 5.11. The Balaban J connectivity index is 2.15. The van der Waals surface area contributed by atoms with Gasteiger partial charge in [-0.05, 0) is 17.7 Å². The topological polar surface area (TPSA) is 68.6 Å².